The number of rotatable bonds is 3. The van der Waals surface area contributed by atoms with Gasteiger partial charge in [-0.05, 0) is 30.7 Å². The summed E-state index contributed by atoms with van der Waals surface area (Å²) in [6.07, 6.45) is 2.08. The maximum Gasteiger partial charge on any atom is 0.0576 e. The summed E-state index contributed by atoms with van der Waals surface area (Å²) in [5, 5.41) is 9.94. The molecular weight excluding hydrogens is 184 g/mol. The van der Waals surface area contributed by atoms with E-state index in [1.807, 2.05) is 13.0 Å². The molecule has 1 aromatic carbocycles. The molecule has 0 aromatic heterocycles. The van der Waals surface area contributed by atoms with E-state index in [0.29, 0.717) is 0 Å². The van der Waals surface area contributed by atoms with E-state index in [2.05, 4.69) is 38.1 Å². The third-order valence-electron chi connectivity index (χ3n) is 4.33. The third-order valence-corrected chi connectivity index (χ3v) is 4.33. The average molecular weight is 204 g/mol. The zero-order chi connectivity index (χ0) is 11.1. The quantitative estimate of drug-likeness (QED) is 0.802. The fourth-order valence-electron chi connectivity index (χ4n) is 2.84. The zero-order valence-electron chi connectivity index (χ0n) is 9.83. The van der Waals surface area contributed by atoms with Crippen molar-refractivity contribution in [2.75, 3.05) is 0 Å². The first kappa shape index (κ1) is 10.7. The highest BCUT2D eigenvalue weighted by Gasteiger charge is 2.57. The summed E-state index contributed by atoms with van der Waals surface area (Å²) in [5.41, 5.74) is 1.51. The standard InChI is InChI=1S/C14H20O/c1-11(15)14(9-10-14)13(2,3)12-7-5-4-6-8-12/h4-8,11,15H,9-10H2,1-3H3. The number of hydrogen-bond donors (Lipinski definition) is 1. The largest absolute Gasteiger partial charge is 0.393 e. The van der Waals surface area contributed by atoms with Crippen LogP contribution in [0.4, 0.5) is 0 Å². The van der Waals surface area contributed by atoms with E-state index in [0.717, 1.165) is 12.8 Å². The minimum atomic E-state index is -0.215. The van der Waals surface area contributed by atoms with Gasteiger partial charge in [0.25, 0.3) is 0 Å². The summed E-state index contributed by atoms with van der Waals surface area (Å²) in [6, 6.07) is 10.5. The van der Waals surface area contributed by atoms with Crippen molar-refractivity contribution in [2.24, 2.45) is 5.41 Å². The number of benzene rings is 1. The molecule has 1 saturated carbocycles. The Labute approximate surface area is 92.1 Å². The minimum absolute atomic E-state index is 0.0719. The molecule has 1 nitrogen and oxygen atoms in total. The number of aliphatic hydroxyl groups is 1. The van der Waals surface area contributed by atoms with Crippen LogP contribution in [0.1, 0.15) is 39.2 Å². The van der Waals surface area contributed by atoms with Gasteiger partial charge in [-0.2, -0.15) is 0 Å². The summed E-state index contributed by atoms with van der Waals surface area (Å²) in [7, 11) is 0. The SMILES string of the molecule is CC(O)C1(C(C)(C)c2ccccc2)CC1. The summed E-state index contributed by atoms with van der Waals surface area (Å²) in [5.74, 6) is 0. The van der Waals surface area contributed by atoms with Crippen LogP contribution in [0.3, 0.4) is 0 Å². The minimum Gasteiger partial charge on any atom is -0.393 e. The molecule has 2 rings (SSSR count). The molecule has 0 amide bonds. The van der Waals surface area contributed by atoms with Crippen LogP contribution in [0.2, 0.25) is 0 Å². The molecule has 0 bridgehead atoms. The van der Waals surface area contributed by atoms with Crippen molar-refractivity contribution < 1.29 is 5.11 Å². The molecule has 1 aliphatic carbocycles. The first-order valence-electron chi connectivity index (χ1n) is 5.74. The van der Waals surface area contributed by atoms with Crippen LogP contribution in [0.15, 0.2) is 30.3 Å². The summed E-state index contributed by atoms with van der Waals surface area (Å²) >= 11 is 0. The van der Waals surface area contributed by atoms with Crippen molar-refractivity contribution >= 4 is 0 Å². The van der Waals surface area contributed by atoms with E-state index in [1.54, 1.807) is 0 Å². The predicted octanol–water partition coefficient (Wildman–Crippen LogP) is 3.13. The highest BCUT2D eigenvalue weighted by Crippen LogP contribution is 2.61. The van der Waals surface area contributed by atoms with Crippen molar-refractivity contribution in [1.29, 1.82) is 0 Å². The molecule has 1 heteroatoms. The van der Waals surface area contributed by atoms with Crippen LogP contribution >= 0.6 is 0 Å². The lowest BCUT2D eigenvalue weighted by Crippen LogP contribution is -2.38. The smallest absolute Gasteiger partial charge is 0.0576 e. The molecule has 0 spiro atoms. The lowest BCUT2D eigenvalue weighted by molar-refractivity contribution is 0.0631. The fourth-order valence-corrected chi connectivity index (χ4v) is 2.84. The second-order valence-corrected chi connectivity index (χ2v) is 5.32. The Hall–Kier alpha value is -0.820. The molecule has 15 heavy (non-hydrogen) atoms. The molecule has 1 N–H and O–H groups in total. The second kappa shape index (κ2) is 3.34. The van der Waals surface area contributed by atoms with Crippen LogP contribution in [0, 0.1) is 5.41 Å². The van der Waals surface area contributed by atoms with Crippen LogP contribution in [-0.4, -0.2) is 11.2 Å². The van der Waals surface area contributed by atoms with Gasteiger partial charge in [-0.25, -0.2) is 0 Å². The Balaban J connectivity index is 2.36. The Bertz CT molecular complexity index is 334. The topological polar surface area (TPSA) is 20.2 Å². The lowest BCUT2D eigenvalue weighted by atomic mass is 9.68. The normalized spacial score (nSPS) is 21.1. The maximum atomic E-state index is 9.94. The molecule has 0 aliphatic heterocycles. The van der Waals surface area contributed by atoms with Crippen molar-refractivity contribution in [3.63, 3.8) is 0 Å². The van der Waals surface area contributed by atoms with Gasteiger partial charge in [-0.1, -0.05) is 44.2 Å². The van der Waals surface area contributed by atoms with E-state index in [9.17, 15) is 5.11 Å². The Kier molecular flexibility index (Phi) is 2.38. The molecule has 1 aliphatic rings. The van der Waals surface area contributed by atoms with Crippen LogP contribution in [-0.2, 0) is 5.41 Å². The Morgan fingerprint density at radius 3 is 2.13 bits per heavy atom. The Morgan fingerprint density at radius 1 is 1.20 bits per heavy atom. The number of aliphatic hydroxyl groups excluding tert-OH is 1. The van der Waals surface area contributed by atoms with Crippen LogP contribution in [0.5, 0.6) is 0 Å². The molecule has 82 valence electrons. The van der Waals surface area contributed by atoms with Gasteiger partial charge < -0.3 is 5.11 Å². The summed E-state index contributed by atoms with van der Waals surface area (Å²) < 4.78 is 0. The van der Waals surface area contributed by atoms with Gasteiger partial charge in [0.2, 0.25) is 0 Å². The van der Waals surface area contributed by atoms with E-state index in [-0.39, 0.29) is 16.9 Å². The molecule has 1 unspecified atom stereocenters. The van der Waals surface area contributed by atoms with Gasteiger partial charge in [0.15, 0.2) is 0 Å². The molecule has 1 fully saturated rings. The molecule has 1 aromatic rings. The van der Waals surface area contributed by atoms with Crippen molar-refractivity contribution in [1.82, 2.24) is 0 Å². The molecule has 1 atom stereocenters. The molecule has 0 heterocycles. The monoisotopic (exact) mass is 204 g/mol. The summed E-state index contributed by atoms with van der Waals surface area (Å²) in [4.78, 5) is 0. The van der Waals surface area contributed by atoms with Crippen molar-refractivity contribution in [3.8, 4) is 0 Å². The van der Waals surface area contributed by atoms with Gasteiger partial charge in [-0.3, -0.25) is 0 Å². The van der Waals surface area contributed by atoms with Crippen LogP contribution in [0.25, 0.3) is 0 Å². The zero-order valence-corrected chi connectivity index (χ0v) is 9.83. The molecular formula is C14H20O. The van der Waals surface area contributed by atoms with Gasteiger partial charge in [0.1, 0.15) is 0 Å². The van der Waals surface area contributed by atoms with Gasteiger partial charge in [0.05, 0.1) is 6.10 Å². The second-order valence-electron chi connectivity index (χ2n) is 5.32. The number of hydrogen-bond acceptors (Lipinski definition) is 1. The highest BCUT2D eigenvalue weighted by molar-refractivity contribution is 5.30. The fraction of sp³-hybridized carbons (Fsp3) is 0.571. The first-order chi connectivity index (χ1) is 7.01. The van der Waals surface area contributed by atoms with Gasteiger partial charge >= 0.3 is 0 Å². The average Bonchev–Trinajstić information content (AvgIpc) is 3.00. The summed E-state index contributed by atoms with van der Waals surface area (Å²) in [6.45, 7) is 6.43. The molecule has 0 saturated heterocycles. The first-order valence-corrected chi connectivity index (χ1v) is 5.74. The van der Waals surface area contributed by atoms with E-state index < -0.39 is 0 Å². The van der Waals surface area contributed by atoms with E-state index in [4.69, 9.17) is 0 Å². The van der Waals surface area contributed by atoms with Crippen molar-refractivity contribution in [3.05, 3.63) is 35.9 Å². The lowest BCUT2D eigenvalue weighted by Gasteiger charge is -2.37. The van der Waals surface area contributed by atoms with E-state index in [1.165, 1.54) is 5.56 Å². The molecule has 0 radical (unpaired) electrons. The third kappa shape index (κ3) is 1.50. The Morgan fingerprint density at radius 2 is 1.73 bits per heavy atom. The van der Waals surface area contributed by atoms with Crippen molar-refractivity contribution in [2.45, 2.75) is 45.1 Å². The van der Waals surface area contributed by atoms with E-state index >= 15 is 0 Å². The van der Waals surface area contributed by atoms with Gasteiger partial charge in [0, 0.05) is 5.41 Å². The highest BCUT2D eigenvalue weighted by atomic mass is 16.3. The predicted molar refractivity (Wildman–Crippen MR) is 62.8 cm³/mol. The van der Waals surface area contributed by atoms with Gasteiger partial charge in [-0.15, -0.1) is 0 Å². The maximum absolute atomic E-state index is 9.94. The van der Waals surface area contributed by atoms with Crippen LogP contribution < -0.4 is 0 Å².